The molecule has 1 aromatic heterocycles. The van der Waals surface area contributed by atoms with Crippen LogP contribution < -0.4 is 10.6 Å². The second-order valence-electron chi connectivity index (χ2n) is 5.70. The Hall–Kier alpha value is -1.66. The van der Waals surface area contributed by atoms with E-state index in [-0.39, 0.29) is 0 Å². The van der Waals surface area contributed by atoms with Crippen molar-refractivity contribution in [1.82, 2.24) is 20.5 Å². The molecule has 0 atom stereocenters. The summed E-state index contributed by atoms with van der Waals surface area (Å²) in [6, 6.07) is 6.65. The summed E-state index contributed by atoms with van der Waals surface area (Å²) in [4.78, 5) is 11.4. The smallest absolute Gasteiger partial charge is 0.191 e. The first-order valence-corrected chi connectivity index (χ1v) is 8.48. The van der Waals surface area contributed by atoms with E-state index < -0.39 is 0 Å². The summed E-state index contributed by atoms with van der Waals surface area (Å²) in [5.41, 5.74) is 0.976. The third-order valence-electron chi connectivity index (χ3n) is 3.81. The van der Waals surface area contributed by atoms with Crippen molar-refractivity contribution in [3.8, 4) is 0 Å². The first kappa shape index (κ1) is 17.7. The van der Waals surface area contributed by atoms with Gasteiger partial charge in [-0.25, -0.2) is 4.99 Å². The van der Waals surface area contributed by atoms with Crippen LogP contribution in [0.25, 0.3) is 0 Å². The quantitative estimate of drug-likeness (QED) is 0.502. The van der Waals surface area contributed by atoms with Crippen molar-refractivity contribution in [2.45, 2.75) is 32.4 Å². The van der Waals surface area contributed by atoms with Gasteiger partial charge in [0.1, 0.15) is 0 Å². The van der Waals surface area contributed by atoms with Crippen LogP contribution in [0, 0.1) is 0 Å². The fourth-order valence-electron chi connectivity index (χ4n) is 2.44. The van der Waals surface area contributed by atoms with Gasteiger partial charge in [0.25, 0.3) is 0 Å². The Labute approximate surface area is 139 Å². The normalized spacial score (nSPS) is 15.0. The highest BCUT2D eigenvalue weighted by molar-refractivity contribution is 5.79. The highest BCUT2D eigenvalue weighted by atomic mass is 16.5. The predicted molar refractivity (Wildman–Crippen MR) is 93.5 cm³/mol. The zero-order chi connectivity index (χ0) is 16.3. The minimum atomic E-state index is 0.589. The number of rotatable bonds is 10. The molecule has 2 rings (SSSR count). The highest BCUT2D eigenvalue weighted by Crippen LogP contribution is 2.25. The predicted octanol–water partition coefficient (Wildman–Crippen LogP) is 1.25. The number of pyridine rings is 1. The summed E-state index contributed by atoms with van der Waals surface area (Å²) in [5.74, 6) is 0.848. The van der Waals surface area contributed by atoms with Crippen LogP contribution in [0.1, 0.15) is 25.5 Å². The van der Waals surface area contributed by atoms with E-state index in [2.05, 4.69) is 32.4 Å². The molecule has 1 saturated carbocycles. The molecule has 0 radical (unpaired) electrons. The molecule has 1 fully saturated rings. The van der Waals surface area contributed by atoms with Gasteiger partial charge in [-0.1, -0.05) is 6.07 Å². The van der Waals surface area contributed by atoms with Gasteiger partial charge >= 0.3 is 0 Å². The van der Waals surface area contributed by atoms with Crippen molar-refractivity contribution in [2.24, 2.45) is 4.99 Å². The molecule has 0 amide bonds. The summed E-state index contributed by atoms with van der Waals surface area (Å²) >= 11 is 0. The van der Waals surface area contributed by atoms with E-state index in [4.69, 9.17) is 4.74 Å². The zero-order valence-electron chi connectivity index (χ0n) is 14.3. The highest BCUT2D eigenvalue weighted by Gasteiger charge is 2.28. The van der Waals surface area contributed by atoms with Gasteiger partial charge < -0.3 is 15.4 Å². The average molecular weight is 319 g/mol. The maximum atomic E-state index is 5.20. The minimum absolute atomic E-state index is 0.589. The average Bonchev–Trinajstić information content (AvgIpc) is 3.41. The Morgan fingerprint density at radius 3 is 2.87 bits per heavy atom. The molecule has 1 aliphatic rings. The molecule has 128 valence electrons. The van der Waals surface area contributed by atoms with Gasteiger partial charge in [0.2, 0.25) is 0 Å². The number of nitrogens with zero attached hydrogens (tertiary/aromatic N) is 3. The summed E-state index contributed by atoms with van der Waals surface area (Å²) < 4.78 is 5.20. The van der Waals surface area contributed by atoms with E-state index >= 15 is 0 Å². The Kier molecular flexibility index (Phi) is 7.83. The summed E-state index contributed by atoms with van der Waals surface area (Å²) in [6.45, 7) is 7.22. The van der Waals surface area contributed by atoms with Gasteiger partial charge in [-0.3, -0.25) is 9.88 Å². The third-order valence-corrected chi connectivity index (χ3v) is 3.81. The minimum Gasteiger partial charge on any atom is -0.383 e. The topological polar surface area (TPSA) is 61.8 Å². The van der Waals surface area contributed by atoms with E-state index in [1.807, 2.05) is 18.2 Å². The van der Waals surface area contributed by atoms with Crippen molar-refractivity contribution in [3.63, 3.8) is 0 Å². The molecule has 0 bridgehead atoms. The molecule has 1 aliphatic carbocycles. The number of hydrogen-bond donors (Lipinski definition) is 2. The third kappa shape index (κ3) is 6.97. The lowest BCUT2D eigenvalue weighted by Crippen LogP contribution is -2.42. The van der Waals surface area contributed by atoms with E-state index in [0.29, 0.717) is 6.54 Å². The van der Waals surface area contributed by atoms with Crippen LogP contribution in [-0.4, -0.2) is 61.8 Å². The number of aromatic nitrogens is 1. The summed E-state index contributed by atoms with van der Waals surface area (Å²) in [6.07, 6.45) is 4.43. The van der Waals surface area contributed by atoms with Gasteiger partial charge in [0.05, 0.1) is 18.8 Å². The molecule has 0 unspecified atom stereocenters. The molecule has 0 spiro atoms. The molecule has 1 aromatic rings. The number of nitrogens with one attached hydrogen (secondary N) is 2. The van der Waals surface area contributed by atoms with Crippen LogP contribution in [0.4, 0.5) is 0 Å². The zero-order valence-corrected chi connectivity index (χ0v) is 14.3. The van der Waals surface area contributed by atoms with Crippen LogP contribution in [0.2, 0.25) is 0 Å². The molecular formula is C17H29N5O. The Morgan fingerprint density at radius 1 is 1.35 bits per heavy atom. The second-order valence-corrected chi connectivity index (χ2v) is 5.70. The SMILES string of the molecule is CCNC(=NCc1ccccn1)NCCN(CCOC)C1CC1. The van der Waals surface area contributed by atoms with Crippen molar-refractivity contribution < 1.29 is 4.74 Å². The van der Waals surface area contributed by atoms with Gasteiger partial charge in [0, 0.05) is 45.5 Å². The molecule has 2 N–H and O–H groups in total. The molecular weight excluding hydrogens is 290 g/mol. The molecule has 1 heterocycles. The van der Waals surface area contributed by atoms with Crippen LogP contribution in [-0.2, 0) is 11.3 Å². The van der Waals surface area contributed by atoms with Crippen molar-refractivity contribution in [3.05, 3.63) is 30.1 Å². The van der Waals surface area contributed by atoms with Crippen molar-refractivity contribution in [1.29, 1.82) is 0 Å². The van der Waals surface area contributed by atoms with E-state index in [1.165, 1.54) is 12.8 Å². The molecule has 0 saturated heterocycles. The Bertz CT molecular complexity index is 461. The maximum Gasteiger partial charge on any atom is 0.191 e. The summed E-state index contributed by atoms with van der Waals surface area (Å²) in [7, 11) is 1.76. The molecule has 0 aromatic carbocycles. The standard InChI is InChI=1S/C17H29N5O/c1-3-18-17(21-14-15-6-4-5-9-19-15)20-10-11-22(12-13-23-2)16-7-8-16/h4-6,9,16H,3,7-8,10-14H2,1-2H3,(H2,18,20,21). The van der Waals surface area contributed by atoms with Gasteiger partial charge in [-0.2, -0.15) is 0 Å². The van der Waals surface area contributed by atoms with Crippen LogP contribution in [0.15, 0.2) is 29.4 Å². The largest absolute Gasteiger partial charge is 0.383 e. The monoisotopic (exact) mass is 319 g/mol. The first-order valence-electron chi connectivity index (χ1n) is 8.48. The Morgan fingerprint density at radius 2 is 2.22 bits per heavy atom. The van der Waals surface area contributed by atoms with Crippen LogP contribution in [0.3, 0.4) is 0 Å². The lowest BCUT2D eigenvalue weighted by molar-refractivity contribution is 0.144. The lowest BCUT2D eigenvalue weighted by Gasteiger charge is -2.22. The fourth-order valence-corrected chi connectivity index (χ4v) is 2.44. The molecule has 23 heavy (non-hydrogen) atoms. The molecule has 6 nitrogen and oxygen atoms in total. The lowest BCUT2D eigenvalue weighted by atomic mass is 10.3. The molecule has 0 aliphatic heterocycles. The van der Waals surface area contributed by atoms with E-state index in [0.717, 1.165) is 50.5 Å². The fraction of sp³-hybridized carbons (Fsp3) is 0.647. The second kappa shape index (κ2) is 10.2. The van der Waals surface area contributed by atoms with E-state index in [9.17, 15) is 0 Å². The Balaban J connectivity index is 1.76. The van der Waals surface area contributed by atoms with Crippen molar-refractivity contribution >= 4 is 5.96 Å². The number of ether oxygens (including phenoxy) is 1. The summed E-state index contributed by atoms with van der Waals surface area (Å²) in [5, 5.41) is 6.69. The first-order chi connectivity index (χ1) is 11.3. The van der Waals surface area contributed by atoms with Crippen molar-refractivity contribution in [2.75, 3.05) is 39.9 Å². The van der Waals surface area contributed by atoms with E-state index in [1.54, 1.807) is 13.3 Å². The number of hydrogen-bond acceptors (Lipinski definition) is 4. The number of guanidine groups is 1. The van der Waals surface area contributed by atoms with Crippen LogP contribution >= 0.6 is 0 Å². The van der Waals surface area contributed by atoms with Gasteiger partial charge in [-0.05, 0) is 31.9 Å². The van der Waals surface area contributed by atoms with Gasteiger partial charge in [0.15, 0.2) is 5.96 Å². The van der Waals surface area contributed by atoms with Gasteiger partial charge in [-0.15, -0.1) is 0 Å². The number of methoxy groups -OCH3 is 1. The maximum absolute atomic E-state index is 5.20. The van der Waals surface area contributed by atoms with Crippen LogP contribution in [0.5, 0.6) is 0 Å². The number of aliphatic imine (C=N–C) groups is 1. The molecule has 6 heteroatoms.